The van der Waals surface area contributed by atoms with Crippen LogP contribution in [-0.2, 0) is 17.8 Å². The summed E-state index contributed by atoms with van der Waals surface area (Å²) in [7, 11) is 0. The molecule has 0 fully saturated rings. The summed E-state index contributed by atoms with van der Waals surface area (Å²) in [6.07, 6.45) is 1.85. The minimum atomic E-state index is -0.503. The molecule has 3 rings (SSSR count). The highest BCUT2D eigenvalue weighted by Crippen LogP contribution is 2.27. The second-order valence-corrected chi connectivity index (χ2v) is 5.26. The van der Waals surface area contributed by atoms with Gasteiger partial charge in [0.2, 0.25) is 0 Å². The molecule has 1 aliphatic heterocycles. The quantitative estimate of drug-likeness (QED) is 0.802. The van der Waals surface area contributed by atoms with Crippen LogP contribution in [0.5, 0.6) is 0 Å². The molecule has 1 aromatic heterocycles. The van der Waals surface area contributed by atoms with Crippen molar-refractivity contribution in [3.63, 3.8) is 0 Å². The Morgan fingerprint density at radius 1 is 1.44 bits per heavy atom. The summed E-state index contributed by atoms with van der Waals surface area (Å²) < 4.78 is 3.63. The van der Waals surface area contributed by atoms with E-state index in [0.29, 0.717) is 12.1 Å². The highest BCUT2D eigenvalue weighted by molar-refractivity contribution is 9.10. The van der Waals surface area contributed by atoms with Gasteiger partial charge in [0.25, 0.3) is 0 Å². The van der Waals surface area contributed by atoms with E-state index in [4.69, 9.17) is 4.84 Å². The van der Waals surface area contributed by atoms with Gasteiger partial charge in [0, 0.05) is 17.9 Å². The van der Waals surface area contributed by atoms with Gasteiger partial charge in [-0.05, 0) is 30.5 Å². The molecule has 0 saturated heterocycles. The van der Waals surface area contributed by atoms with Crippen molar-refractivity contribution in [1.29, 1.82) is 0 Å². The third-order valence-electron chi connectivity index (χ3n) is 3.07. The number of carbonyl (C=O) groups excluding carboxylic acids is 1. The molecule has 0 atom stereocenters. The van der Waals surface area contributed by atoms with Crippen molar-refractivity contribution in [2.45, 2.75) is 26.3 Å². The Kier molecular flexibility index (Phi) is 2.55. The maximum atomic E-state index is 12.2. The van der Waals surface area contributed by atoms with E-state index in [1.54, 1.807) is 10.6 Å². The molecule has 2 aromatic rings. The van der Waals surface area contributed by atoms with Gasteiger partial charge in [0.1, 0.15) is 5.52 Å². The molecular formula is C12H11BrN2O3. The van der Waals surface area contributed by atoms with E-state index in [2.05, 4.69) is 15.9 Å². The second kappa shape index (κ2) is 3.98. The Bertz CT molecular complexity index is 714. The van der Waals surface area contributed by atoms with Crippen molar-refractivity contribution >= 4 is 32.9 Å². The van der Waals surface area contributed by atoms with Gasteiger partial charge in [-0.25, -0.2) is 9.59 Å². The monoisotopic (exact) mass is 310 g/mol. The van der Waals surface area contributed by atoms with E-state index in [-0.39, 0.29) is 5.69 Å². The van der Waals surface area contributed by atoms with Crippen LogP contribution in [0.4, 0.5) is 0 Å². The Balaban J connectivity index is 2.41. The number of benzene rings is 1. The first-order chi connectivity index (χ1) is 8.58. The van der Waals surface area contributed by atoms with Crippen LogP contribution in [0.15, 0.2) is 21.4 Å². The smallest absolute Gasteiger partial charge is 0.332 e. The Labute approximate surface area is 111 Å². The minimum Gasteiger partial charge on any atom is -0.332 e. The van der Waals surface area contributed by atoms with Crippen LogP contribution in [0, 0.1) is 0 Å². The molecule has 5 nitrogen and oxygen atoms in total. The van der Waals surface area contributed by atoms with Crippen LogP contribution in [0.1, 0.15) is 18.9 Å². The summed E-state index contributed by atoms with van der Waals surface area (Å²) >= 11 is 3.42. The number of carbonyl (C=O) groups is 1. The van der Waals surface area contributed by atoms with E-state index < -0.39 is 5.97 Å². The molecule has 1 aromatic carbocycles. The Morgan fingerprint density at radius 3 is 2.94 bits per heavy atom. The number of hydrogen-bond acceptors (Lipinski definition) is 3. The zero-order chi connectivity index (χ0) is 12.9. The summed E-state index contributed by atoms with van der Waals surface area (Å²) in [5, 5.41) is 0. The third kappa shape index (κ3) is 1.59. The van der Waals surface area contributed by atoms with E-state index >= 15 is 0 Å². The van der Waals surface area contributed by atoms with Crippen molar-refractivity contribution in [3.8, 4) is 0 Å². The number of imidazole rings is 1. The van der Waals surface area contributed by atoms with Crippen LogP contribution in [-0.4, -0.2) is 15.3 Å². The summed E-state index contributed by atoms with van der Waals surface area (Å²) in [6.45, 7) is 1.95. The van der Waals surface area contributed by atoms with Gasteiger partial charge in [-0.15, -0.1) is 4.73 Å². The van der Waals surface area contributed by atoms with Crippen molar-refractivity contribution in [2.75, 3.05) is 0 Å². The maximum absolute atomic E-state index is 12.2. The fraction of sp³-hybridized carbons (Fsp3) is 0.333. The summed E-state index contributed by atoms with van der Waals surface area (Å²) in [6, 6.07) is 3.81. The first-order valence-electron chi connectivity index (χ1n) is 5.70. The Hall–Kier alpha value is -1.56. The first kappa shape index (κ1) is 11.5. The molecule has 1 aliphatic rings. The van der Waals surface area contributed by atoms with Crippen molar-refractivity contribution in [2.24, 2.45) is 0 Å². The zero-order valence-electron chi connectivity index (χ0n) is 9.77. The average molecular weight is 311 g/mol. The van der Waals surface area contributed by atoms with Crippen LogP contribution in [0.3, 0.4) is 0 Å². The normalized spacial score (nSPS) is 13.9. The van der Waals surface area contributed by atoms with Gasteiger partial charge in [-0.1, -0.05) is 15.9 Å². The zero-order valence-corrected chi connectivity index (χ0v) is 11.4. The molecule has 0 amide bonds. The molecular weight excluding hydrogens is 300 g/mol. The Morgan fingerprint density at radius 2 is 2.22 bits per heavy atom. The molecule has 0 spiro atoms. The van der Waals surface area contributed by atoms with Crippen LogP contribution >= 0.6 is 15.9 Å². The summed E-state index contributed by atoms with van der Waals surface area (Å²) in [5.41, 5.74) is 2.32. The largest absolute Gasteiger partial charge is 0.362 e. The molecule has 6 heteroatoms. The second-order valence-electron chi connectivity index (χ2n) is 4.35. The lowest BCUT2D eigenvalue weighted by molar-refractivity contribution is -0.141. The van der Waals surface area contributed by atoms with Crippen molar-refractivity contribution in [1.82, 2.24) is 9.30 Å². The molecule has 0 aliphatic carbocycles. The van der Waals surface area contributed by atoms with E-state index in [1.807, 2.05) is 6.07 Å². The SMILES string of the molecule is CC(=O)On1c(=O)n2c3c(cc(Br)cc31)CCC2. The van der Waals surface area contributed by atoms with Gasteiger partial charge < -0.3 is 4.84 Å². The third-order valence-corrected chi connectivity index (χ3v) is 3.53. The maximum Gasteiger partial charge on any atom is 0.362 e. The molecule has 0 bridgehead atoms. The van der Waals surface area contributed by atoms with Gasteiger partial charge in [0.15, 0.2) is 0 Å². The lowest BCUT2D eigenvalue weighted by Crippen LogP contribution is -2.31. The van der Waals surface area contributed by atoms with Gasteiger partial charge >= 0.3 is 11.7 Å². The molecule has 94 valence electrons. The van der Waals surface area contributed by atoms with Crippen molar-refractivity contribution < 1.29 is 9.63 Å². The highest BCUT2D eigenvalue weighted by atomic mass is 79.9. The lowest BCUT2D eigenvalue weighted by atomic mass is 10.0. The van der Waals surface area contributed by atoms with Gasteiger partial charge in [0.05, 0.1) is 5.52 Å². The predicted octanol–water partition coefficient (Wildman–Crippen LogP) is 1.49. The average Bonchev–Trinajstić information content (AvgIpc) is 2.56. The van der Waals surface area contributed by atoms with Crippen LogP contribution < -0.4 is 10.5 Å². The number of nitrogens with zero attached hydrogens (tertiary/aromatic N) is 2. The highest BCUT2D eigenvalue weighted by Gasteiger charge is 2.21. The summed E-state index contributed by atoms with van der Waals surface area (Å²) in [4.78, 5) is 28.3. The molecule has 0 radical (unpaired) electrons. The molecule has 0 unspecified atom stereocenters. The molecule has 0 N–H and O–H groups in total. The topological polar surface area (TPSA) is 53.2 Å². The molecule has 2 heterocycles. The van der Waals surface area contributed by atoms with E-state index in [1.165, 1.54) is 6.92 Å². The standard InChI is InChI=1S/C12H11BrN2O3/c1-7(16)18-15-10-6-9(13)5-8-3-2-4-14(11(8)10)12(15)17/h5-6H,2-4H2,1H3. The van der Waals surface area contributed by atoms with Crippen LogP contribution in [0.25, 0.3) is 11.0 Å². The van der Waals surface area contributed by atoms with E-state index in [9.17, 15) is 9.59 Å². The lowest BCUT2D eigenvalue weighted by Gasteiger charge is -2.13. The fourth-order valence-corrected chi connectivity index (χ4v) is 2.95. The number of halogens is 1. The number of aryl methyl sites for hydroxylation is 2. The minimum absolute atomic E-state index is 0.292. The number of hydrogen-bond donors (Lipinski definition) is 0. The van der Waals surface area contributed by atoms with Gasteiger partial charge in [-0.3, -0.25) is 4.57 Å². The fourth-order valence-electron chi connectivity index (χ4n) is 2.46. The molecule has 18 heavy (non-hydrogen) atoms. The van der Waals surface area contributed by atoms with E-state index in [0.717, 1.165) is 33.1 Å². The van der Waals surface area contributed by atoms with Gasteiger partial charge in [-0.2, -0.15) is 0 Å². The summed E-state index contributed by atoms with van der Waals surface area (Å²) in [5.74, 6) is -0.503. The molecule has 0 saturated carbocycles. The number of aromatic nitrogens is 2. The van der Waals surface area contributed by atoms with Crippen LogP contribution in [0.2, 0.25) is 0 Å². The first-order valence-corrected chi connectivity index (χ1v) is 6.50. The number of rotatable bonds is 1. The predicted molar refractivity (Wildman–Crippen MR) is 69.5 cm³/mol. The van der Waals surface area contributed by atoms with Crippen molar-refractivity contribution in [3.05, 3.63) is 32.7 Å².